The van der Waals surface area contributed by atoms with Crippen molar-refractivity contribution in [3.63, 3.8) is 0 Å². The van der Waals surface area contributed by atoms with Crippen LogP contribution >= 0.6 is 0 Å². The van der Waals surface area contributed by atoms with Gasteiger partial charge in [0.05, 0.1) is 5.69 Å². The number of nitrogens with two attached hydrogens (primary N) is 1. The Balaban J connectivity index is 2.09. The van der Waals surface area contributed by atoms with Crippen LogP contribution < -0.4 is 10.5 Å². The highest BCUT2D eigenvalue weighted by molar-refractivity contribution is 7.89. The molecule has 1 atom stereocenters. The Bertz CT molecular complexity index is 608. The molecule has 1 fully saturated rings. The Morgan fingerprint density at radius 2 is 2.10 bits per heavy atom. The highest BCUT2D eigenvalue weighted by Gasteiger charge is 2.25. The summed E-state index contributed by atoms with van der Waals surface area (Å²) in [5.41, 5.74) is 5.17. The minimum atomic E-state index is -3.81. The molecule has 0 aromatic heterocycles. The Labute approximate surface area is 124 Å². The van der Waals surface area contributed by atoms with Crippen molar-refractivity contribution >= 4 is 15.7 Å². The molecule has 1 aliphatic rings. The van der Waals surface area contributed by atoms with Gasteiger partial charge in [-0.05, 0) is 26.2 Å². The van der Waals surface area contributed by atoms with E-state index in [0.29, 0.717) is 0 Å². The van der Waals surface area contributed by atoms with Crippen molar-refractivity contribution in [2.45, 2.75) is 10.9 Å². The minimum absolute atomic E-state index is 0.0771. The third-order valence-electron chi connectivity index (χ3n) is 3.79. The monoisotopic (exact) mass is 316 g/mol. The maximum absolute atomic E-state index is 13.4. The molecule has 21 heavy (non-hydrogen) atoms. The second-order valence-corrected chi connectivity index (χ2v) is 7.14. The summed E-state index contributed by atoms with van der Waals surface area (Å²) in [7, 11) is 0.146. The molecule has 0 bridgehead atoms. The van der Waals surface area contributed by atoms with E-state index in [-0.39, 0.29) is 23.2 Å². The second-order valence-electron chi connectivity index (χ2n) is 5.40. The van der Waals surface area contributed by atoms with Crippen LogP contribution in [-0.2, 0) is 10.0 Å². The number of nitrogen functional groups attached to an aromatic ring is 1. The number of rotatable bonds is 4. The van der Waals surface area contributed by atoms with E-state index in [4.69, 9.17) is 5.73 Å². The summed E-state index contributed by atoms with van der Waals surface area (Å²) in [5.74, 6) is -0.729. The summed E-state index contributed by atoms with van der Waals surface area (Å²) in [5, 5.41) is 0. The molecule has 1 unspecified atom stereocenters. The predicted molar refractivity (Wildman–Crippen MR) is 79.9 cm³/mol. The zero-order chi connectivity index (χ0) is 15.6. The smallest absolute Gasteiger partial charge is 0.242 e. The van der Waals surface area contributed by atoms with Crippen molar-refractivity contribution in [1.29, 1.82) is 0 Å². The maximum atomic E-state index is 13.4. The third kappa shape index (κ3) is 3.70. The van der Waals surface area contributed by atoms with Crippen LogP contribution in [0.15, 0.2) is 23.1 Å². The van der Waals surface area contributed by atoms with Crippen LogP contribution in [0.5, 0.6) is 0 Å². The van der Waals surface area contributed by atoms with E-state index in [1.165, 1.54) is 12.1 Å². The summed E-state index contributed by atoms with van der Waals surface area (Å²) in [6, 6.07) is 3.85. The topological polar surface area (TPSA) is 78.7 Å². The van der Waals surface area contributed by atoms with Crippen molar-refractivity contribution < 1.29 is 12.8 Å². The lowest BCUT2D eigenvalue weighted by Gasteiger charge is -2.37. The largest absolute Gasteiger partial charge is 0.395 e. The molecule has 1 aromatic rings. The van der Waals surface area contributed by atoms with Gasteiger partial charge in [-0.15, -0.1) is 0 Å². The van der Waals surface area contributed by atoms with Gasteiger partial charge in [0.15, 0.2) is 0 Å². The van der Waals surface area contributed by atoms with Crippen LogP contribution in [-0.4, -0.2) is 64.5 Å². The van der Waals surface area contributed by atoms with E-state index in [0.717, 1.165) is 25.7 Å². The molecule has 0 amide bonds. The normalized spacial score (nSPS) is 21.6. The molecule has 0 aliphatic carbocycles. The molecule has 0 radical (unpaired) electrons. The van der Waals surface area contributed by atoms with Gasteiger partial charge < -0.3 is 10.6 Å². The van der Waals surface area contributed by atoms with Crippen LogP contribution in [0, 0.1) is 5.82 Å². The van der Waals surface area contributed by atoms with Crippen LogP contribution in [0.4, 0.5) is 10.1 Å². The zero-order valence-electron chi connectivity index (χ0n) is 12.2. The predicted octanol–water partition coefficient (Wildman–Crippen LogP) is -0.0680. The number of piperazine rings is 1. The van der Waals surface area contributed by atoms with E-state index in [9.17, 15) is 12.8 Å². The van der Waals surface area contributed by atoms with Gasteiger partial charge in [0, 0.05) is 32.2 Å². The number of anilines is 1. The lowest BCUT2D eigenvalue weighted by molar-refractivity contribution is 0.117. The number of para-hydroxylation sites is 1. The molecule has 6 nitrogen and oxygen atoms in total. The molecule has 2 rings (SSSR count). The first-order valence-electron chi connectivity index (χ1n) is 6.73. The summed E-state index contributed by atoms with van der Waals surface area (Å²) < 4.78 is 40.4. The molecular formula is C13H21FN4O2S. The SMILES string of the molecule is CN1CCN(C)C(CNS(=O)(=O)c2cccc(F)c2N)C1. The Hall–Kier alpha value is -1.22. The van der Waals surface area contributed by atoms with Crippen molar-refractivity contribution in [2.75, 3.05) is 46.0 Å². The number of halogens is 1. The highest BCUT2D eigenvalue weighted by Crippen LogP contribution is 2.20. The molecule has 1 saturated heterocycles. The summed E-state index contributed by atoms with van der Waals surface area (Å²) in [6.45, 7) is 2.87. The van der Waals surface area contributed by atoms with E-state index in [1.807, 2.05) is 14.1 Å². The Morgan fingerprint density at radius 3 is 2.81 bits per heavy atom. The Morgan fingerprint density at radius 1 is 1.38 bits per heavy atom. The van der Waals surface area contributed by atoms with Gasteiger partial charge in [0.25, 0.3) is 0 Å². The van der Waals surface area contributed by atoms with E-state index in [2.05, 4.69) is 14.5 Å². The van der Waals surface area contributed by atoms with Gasteiger partial charge in [-0.3, -0.25) is 4.90 Å². The van der Waals surface area contributed by atoms with Gasteiger partial charge in [-0.2, -0.15) is 0 Å². The molecule has 0 spiro atoms. The Kier molecular flexibility index (Phi) is 4.82. The average molecular weight is 316 g/mol. The van der Waals surface area contributed by atoms with E-state index >= 15 is 0 Å². The van der Waals surface area contributed by atoms with Crippen molar-refractivity contribution in [3.05, 3.63) is 24.0 Å². The van der Waals surface area contributed by atoms with E-state index in [1.54, 1.807) is 0 Å². The standard InChI is InChI=1S/C13H21FN4O2S/c1-17-6-7-18(2)10(9-17)8-16-21(19,20)12-5-3-4-11(14)13(12)15/h3-5,10,16H,6-9,15H2,1-2H3. The number of hydrogen-bond donors (Lipinski definition) is 2. The first-order valence-corrected chi connectivity index (χ1v) is 8.22. The van der Waals surface area contributed by atoms with Crippen molar-refractivity contribution in [3.8, 4) is 0 Å². The summed E-state index contributed by atoms with van der Waals surface area (Å²) in [4.78, 5) is 4.04. The molecule has 1 aromatic carbocycles. The fraction of sp³-hybridized carbons (Fsp3) is 0.538. The number of sulfonamides is 1. The quantitative estimate of drug-likeness (QED) is 0.761. The fourth-order valence-corrected chi connectivity index (χ4v) is 3.57. The minimum Gasteiger partial charge on any atom is -0.395 e. The number of likely N-dealkylation sites (N-methyl/N-ethyl adjacent to an activating group) is 2. The third-order valence-corrected chi connectivity index (χ3v) is 5.27. The molecule has 8 heteroatoms. The molecule has 1 heterocycles. The molecule has 0 saturated carbocycles. The average Bonchev–Trinajstić information content (AvgIpc) is 2.43. The summed E-state index contributed by atoms with van der Waals surface area (Å²) >= 11 is 0. The van der Waals surface area contributed by atoms with Crippen LogP contribution in [0.25, 0.3) is 0 Å². The number of benzene rings is 1. The zero-order valence-corrected chi connectivity index (χ0v) is 13.0. The van der Waals surface area contributed by atoms with Gasteiger partial charge >= 0.3 is 0 Å². The van der Waals surface area contributed by atoms with Crippen molar-refractivity contribution in [2.24, 2.45) is 0 Å². The maximum Gasteiger partial charge on any atom is 0.242 e. The van der Waals surface area contributed by atoms with Crippen LogP contribution in [0.2, 0.25) is 0 Å². The number of nitrogens with one attached hydrogen (secondary N) is 1. The first kappa shape index (κ1) is 16.2. The molecule has 3 N–H and O–H groups in total. The van der Waals surface area contributed by atoms with Crippen LogP contribution in [0.3, 0.4) is 0 Å². The van der Waals surface area contributed by atoms with E-state index < -0.39 is 15.8 Å². The number of hydrogen-bond acceptors (Lipinski definition) is 5. The second kappa shape index (κ2) is 6.27. The highest BCUT2D eigenvalue weighted by atomic mass is 32.2. The lowest BCUT2D eigenvalue weighted by atomic mass is 10.2. The molecular weight excluding hydrogens is 295 g/mol. The van der Waals surface area contributed by atoms with Gasteiger partial charge in [0.2, 0.25) is 10.0 Å². The number of nitrogens with zero attached hydrogens (tertiary/aromatic N) is 2. The fourth-order valence-electron chi connectivity index (χ4n) is 2.36. The molecule has 1 aliphatic heterocycles. The van der Waals surface area contributed by atoms with Gasteiger partial charge in [-0.25, -0.2) is 17.5 Å². The van der Waals surface area contributed by atoms with Gasteiger partial charge in [-0.1, -0.05) is 6.07 Å². The van der Waals surface area contributed by atoms with Crippen LogP contribution in [0.1, 0.15) is 0 Å². The van der Waals surface area contributed by atoms with Crippen molar-refractivity contribution in [1.82, 2.24) is 14.5 Å². The lowest BCUT2D eigenvalue weighted by Crippen LogP contribution is -2.54. The first-order chi connectivity index (χ1) is 9.81. The molecule has 118 valence electrons. The van der Waals surface area contributed by atoms with Gasteiger partial charge in [0.1, 0.15) is 10.7 Å². The summed E-state index contributed by atoms with van der Waals surface area (Å²) in [6.07, 6.45) is 0.